The van der Waals surface area contributed by atoms with Gasteiger partial charge in [0.2, 0.25) is 0 Å². The highest BCUT2D eigenvalue weighted by atomic mass is 16.6. The number of nitrogens with one attached hydrogen (secondary N) is 1. The van der Waals surface area contributed by atoms with Gasteiger partial charge in [-0.15, -0.1) is 0 Å². The molecule has 1 aliphatic rings. The highest BCUT2D eigenvalue weighted by Crippen LogP contribution is 2.11. The van der Waals surface area contributed by atoms with Crippen molar-refractivity contribution >= 4 is 6.09 Å². The second-order valence-corrected chi connectivity index (χ2v) is 7.31. The number of piperazine rings is 1. The molecule has 1 saturated heterocycles. The largest absolute Gasteiger partial charge is 0.444 e. The number of hydrogen-bond donors (Lipinski definition) is 1. The van der Waals surface area contributed by atoms with E-state index in [2.05, 4.69) is 24.1 Å². The van der Waals surface area contributed by atoms with Crippen molar-refractivity contribution in [2.75, 3.05) is 39.3 Å². The van der Waals surface area contributed by atoms with Crippen LogP contribution in [0, 0.1) is 0 Å². The van der Waals surface area contributed by atoms with Crippen LogP contribution in [0.1, 0.15) is 53.9 Å². The minimum absolute atomic E-state index is 0.179. The zero-order valence-electron chi connectivity index (χ0n) is 15.2. The first-order valence-electron chi connectivity index (χ1n) is 8.75. The molecule has 22 heavy (non-hydrogen) atoms. The highest BCUT2D eigenvalue weighted by Gasteiger charge is 2.25. The smallest absolute Gasteiger partial charge is 0.410 e. The van der Waals surface area contributed by atoms with Gasteiger partial charge >= 0.3 is 6.09 Å². The third kappa shape index (κ3) is 7.99. The Balaban J connectivity index is 2.14. The third-order valence-electron chi connectivity index (χ3n) is 3.89. The monoisotopic (exact) mass is 313 g/mol. The maximum atomic E-state index is 12.0. The van der Waals surface area contributed by atoms with E-state index in [4.69, 9.17) is 4.74 Å². The molecule has 130 valence electrons. The molecule has 0 aromatic heterocycles. The highest BCUT2D eigenvalue weighted by molar-refractivity contribution is 5.68. The SMILES string of the molecule is CCCC(C)NCCCN1CCN(C(=O)OC(C)(C)C)CC1. The van der Waals surface area contributed by atoms with Crippen molar-refractivity contribution in [2.45, 2.75) is 65.5 Å². The van der Waals surface area contributed by atoms with Crippen LogP contribution in [0.2, 0.25) is 0 Å². The Labute approximate surface area is 136 Å². The first-order valence-corrected chi connectivity index (χ1v) is 8.75. The summed E-state index contributed by atoms with van der Waals surface area (Å²) in [7, 11) is 0. The first-order chi connectivity index (χ1) is 10.3. The maximum Gasteiger partial charge on any atom is 0.410 e. The molecule has 1 aliphatic heterocycles. The molecule has 0 radical (unpaired) electrons. The van der Waals surface area contributed by atoms with Crippen molar-refractivity contribution in [2.24, 2.45) is 0 Å². The molecule has 1 N–H and O–H groups in total. The summed E-state index contributed by atoms with van der Waals surface area (Å²) >= 11 is 0. The van der Waals surface area contributed by atoms with Crippen LogP contribution in [0.15, 0.2) is 0 Å². The van der Waals surface area contributed by atoms with Gasteiger partial charge in [-0.2, -0.15) is 0 Å². The summed E-state index contributed by atoms with van der Waals surface area (Å²) in [5.74, 6) is 0. The molecule has 1 fully saturated rings. The second kappa shape index (κ2) is 9.36. The normalized spacial score (nSPS) is 18.3. The Morgan fingerprint density at radius 1 is 1.23 bits per heavy atom. The number of ether oxygens (including phenoxy) is 1. The van der Waals surface area contributed by atoms with Crippen molar-refractivity contribution in [1.29, 1.82) is 0 Å². The van der Waals surface area contributed by atoms with Crippen molar-refractivity contribution in [3.05, 3.63) is 0 Å². The molecule has 5 nitrogen and oxygen atoms in total. The fourth-order valence-corrected chi connectivity index (χ4v) is 2.67. The fourth-order valence-electron chi connectivity index (χ4n) is 2.67. The Morgan fingerprint density at radius 2 is 1.86 bits per heavy atom. The van der Waals surface area contributed by atoms with Crippen LogP contribution in [0.3, 0.4) is 0 Å². The molecule has 0 aromatic carbocycles. The molecule has 1 rings (SSSR count). The van der Waals surface area contributed by atoms with Crippen LogP contribution >= 0.6 is 0 Å². The molecule has 0 saturated carbocycles. The zero-order chi connectivity index (χ0) is 16.6. The lowest BCUT2D eigenvalue weighted by Crippen LogP contribution is -2.50. The van der Waals surface area contributed by atoms with Crippen molar-refractivity contribution in [3.8, 4) is 0 Å². The predicted octanol–water partition coefficient (Wildman–Crippen LogP) is 2.71. The summed E-state index contributed by atoms with van der Waals surface area (Å²) in [5.41, 5.74) is -0.408. The maximum absolute atomic E-state index is 12.0. The molecule has 1 unspecified atom stereocenters. The van der Waals surface area contributed by atoms with Gasteiger partial charge in [0.15, 0.2) is 0 Å². The predicted molar refractivity (Wildman–Crippen MR) is 91.2 cm³/mol. The number of carbonyl (C=O) groups is 1. The van der Waals surface area contributed by atoms with E-state index in [0.717, 1.165) is 39.3 Å². The van der Waals surface area contributed by atoms with Gasteiger partial charge in [0, 0.05) is 32.2 Å². The van der Waals surface area contributed by atoms with Crippen LogP contribution in [-0.2, 0) is 4.74 Å². The number of amides is 1. The minimum atomic E-state index is -0.408. The lowest BCUT2D eigenvalue weighted by atomic mass is 10.2. The molecule has 0 bridgehead atoms. The molecule has 5 heteroatoms. The molecule has 1 atom stereocenters. The zero-order valence-corrected chi connectivity index (χ0v) is 15.2. The van der Waals surface area contributed by atoms with Crippen molar-refractivity contribution < 1.29 is 9.53 Å². The summed E-state index contributed by atoms with van der Waals surface area (Å²) in [4.78, 5) is 16.3. The molecule has 0 spiro atoms. The summed E-state index contributed by atoms with van der Waals surface area (Å²) in [6.07, 6.45) is 3.47. The average molecular weight is 313 g/mol. The van der Waals surface area contributed by atoms with Gasteiger partial charge in [0.1, 0.15) is 5.60 Å². The Morgan fingerprint density at radius 3 is 2.41 bits per heavy atom. The molecular formula is C17H35N3O2. The van der Waals surface area contributed by atoms with E-state index >= 15 is 0 Å². The van der Waals surface area contributed by atoms with E-state index < -0.39 is 5.60 Å². The molecule has 0 aliphatic carbocycles. The van der Waals surface area contributed by atoms with Gasteiger partial charge in [0.05, 0.1) is 0 Å². The summed E-state index contributed by atoms with van der Waals surface area (Å²) in [6, 6.07) is 0.619. The van der Waals surface area contributed by atoms with Crippen molar-refractivity contribution in [3.63, 3.8) is 0 Å². The van der Waals surface area contributed by atoms with Crippen LogP contribution in [0.4, 0.5) is 4.79 Å². The van der Waals surface area contributed by atoms with Gasteiger partial charge in [0.25, 0.3) is 0 Å². The lowest BCUT2D eigenvalue weighted by Gasteiger charge is -2.35. The summed E-state index contributed by atoms with van der Waals surface area (Å²) in [6.45, 7) is 15.8. The number of hydrogen-bond acceptors (Lipinski definition) is 4. The summed E-state index contributed by atoms with van der Waals surface area (Å²) < 4.78 is 5.42. The second-order valence-electron chi connectivity index (χ2n) is 7.31. The fraction of sp³-hybridized carbons (Fsp3) is 0.941. The van der Waals surface area contributed by atoms with E-state index in [9.17, 15) is 4.79 Å². The van der Waals surface area contributed by atoms with E-state index in [0.29, 0.717) is 6.04 Å². The van der Waals surface area contributed by atoms with Gasteiger partial charge in [-0.05, 0) is 53.6 Å². The molecule has 1 amide bonds. The molecular weight excluding hydrogens is 278 g/mol. The number of carbonyl (C=O) groups excluding carboxylic acids is 1. The Kier molecular flexibility index (Phi) is 8.18. The van der Waals surface area contributed by atoms with E-state index in [1.807, 2.05) is 25.7 Å². The van der Waals surface area contributed by atoms with Gasteiger partial charge in [-0.25, -0.2) is 4.79 Å². The van der Waals surface area contributed by atoms with Crippen LogP contribution in [0.5, 0.6) is 0 Å². The third-order valence-corrected chi connectivity index (χ3v) is 3.89. The van der Waals surface area contributed by atoms with E-state index in [1.54, 1.807) is 0 Å². The van der Waals surface area contributed by atoms with Crippen LogP contribution in [0.25, 0.3) is 0 Å². The Bertz CT molecular complexity index is 320. The molecule has 1 heterocycles. The van der Waals surface area contributed by atoms with Gasteiger partial charge in [-0.1, -0.05) is 13.3 Å². The topological polar surface area (TPSA) is 44.8 Å². The number of nitrogens with zero attached hydrogens (tertiary/aromatic N) is 2. The van der Waals surface area contributed by atoms with E-state index in [-0.39, 0.29) is 6.09 Å². The van der Waals surface area contributed by atoms with Crippen LogP contribution in [-0.4, -0.2) is 66.8 Å². The van der Waals surface area contributed by atoms with Crippen molar-refractivity contribution in [1.82, 2.24) is 15.1 Å². The Hall–Kier alpha value is -0.810. The molecule has 0 aromatic rings. The van der Waals surface area contributed by atoms with Crippen LogP contribution < -0.4 is 5.32 Å². The van der Waals surface area contributed by atoms with E-state index in [1.165, 1.54) is 19.3 Å². The average Bonchev–Trinajstić information content (AvgIpc) is 2.43. The summed E-state index contributed by atoms with van der Waals surface area (Å²) in [5, 5.41) is 3.56. The van der Waals surface area contributed by atoms with Gasteiger partial charge in [-0.3, -0.25) is 4.90 Å². The first kappa shape index (κ1) is 19.2. The number of rotatable bonds is 7. The lowest BCUT2D eigenvalue weighted by molar-refractivity contribution is 0.0144. The van der Waals surface area contributed by atoms with Gasteiger partial charge < -0.3 is 15.0 Å². The standard InChI is InChI=1S/C17H35N3O2/c1-6-8-15(2)18-9-7-10-19-11-13-20(14-12-19)16(21)22-17(3,4)5/h15,18H,6-14H2,1-5H3. The minimum Gasteiger partial charge on any atom is -0.444 e. The quantitative estimate of drug-likeness (QED) is 0.734.